The number of rotatable bonds is 3. The number of ketones is 1. The summed E-state index contributed by atoms with van der Waals surface area (Å²) in [6.45, 7) is 3.87. The van der Waals surface area contributed by atoms with Gasteiger partial charge in [-0.15, -0.1) is 0 Å². The van der Waals surface area contributed by atoms with Crippen molar-refractivity contribution in [1.29, 1.82) is 0 Å². The number of carbonyl (C=O) groups is 2. The number of amides is 2. The van der Waals surface area contributed by atoms with Gasteiger partial charge in [-0.3, -0.25) is 4.79 Å². The van der Waals surface area contributed by atoms with Crippen molar-refractivity contribution >= 4 is 23.4 Å². The summed E-state index contributed by atoms with van der Waals surface area (Å²) in [5.74, 6) is -0.681. The lowest BCUT2D eigenvalue weighted by Gasteiger charge is -2.34. The van der Waals surface area contributed by atoms with E-state index in [0.717, 1.165) is 5.56 Å². The molecule has 1 aliphatic heterocycles. The summed E-state index contributed by atoms with van der Waals surface area (Å²) in [6.07, 6.45) is 0. The van der Waals surface area contributed by atoms with Gasteiger partial charge in [0.2, 0.25) is 0 Å². The van der Waals surface area contributed by atoms with Crippen LogP contribution in [0.5, 0.6) is 0 Å². The summed E-state index contributed by atoms with van der Waals surface area (Å²) in [6, 6.07) is 15.2. The van der Waals surface area contributed by atoms with Crippen molar-refractivity contribution in [2.75, 3.05) is 0 Å². The Morgan fingerprint density at radius 3 is 2.35 bits per heavy atom. The highest BCUT2D eigenvalue weighted by molar-refractivity contribution is 6.30. The molecule has 0 aliphatic carbocycles. The van der Waals surface area contributed by atoms with E-state index in [-0.39, 0.29) is 11.8 Å². The third-order valence-corrected chi connectivity index (χ3v) is 4.09. The van der Waals surface area contributed by atoms with Gasteiger partial charge in [0, 0.05) is 16.3 Å². The summed E-state index contributed by atoms with van der Waals surface area (Å²) in [4.78, 5) is 24.7. The average molecular weight is 327 g/mol. The maximum atomic E-state index is 12.9. The molecule has 1 saturated heterocycles. The number of hydrogen-bond acceptors (Lipinski definition) is 2. The molecule has 2 aromatic rings. The van der Waals surface area contributed by atoms with Crippen molar-refractivity contribution in [3.8, 4) is 0 Å². The predicted octanol–water partition coefficient (Wildman–Crippen LogP) is 3.71. The molecular weight excluding hydrogens is 312 g/mol. The first kappa shape index (κ1) is 15.3. The van der Waals surface area contributed by atoms with Gasteiger partial charge < -0.3 is 10.6 Å². The van der Waals surface area contributed by atoms with Gasteiger partial charge in [-0.2, -0.15) is 0 Å². The first-order valence-corrected chi connectivity index (χ1v) is 7.55. The Morgan fingerprint density at radius 1 is 1.04 bits per heavy atom. The Labute approximate surface area is 139 Å². The van der Waals surface area contributed by atoms with E-state index in [1.165, 1.54) is 0 Å². The molecule has 5 heteroatoms. The lowest BCUT2D eigenvalue weighted by Crippen LogP contribution is -2.50. The first-order chi connectivity index (χ1) is 11.1. The molecule has 0 bridgehead atoms. The second kappa shape index (κ2) is 6.26. The van der Waals surface area contributed by atoms with Crippen LogP contribution in [0.1, 0.15) is 22.0 Å². The highest BCUT2D eigenvalue weighted by atomic mass is 35.5. The number of benzene rings is 2. The van der Waals surface area contributed by atoms with E-state index >= 15 is 0 Å². The SMILES string of the molecule is C=C1NC(=O)NC(c2ccc(Cl)cc2)C1C(=O)c1ccccc1. The number of Topliss-reactive ketones (excluding diaryl/α,β-unsaturated/α-hetero) is 1. The standard InChI is InChI=1S/C18H15ClN2O2/c1-11-15(17(22)13-5-3-2-4-6-13)16(21-18(23)20-11)12-7-9-14(19)10-8-12/h2-10,15-16H,1H2,(H2,20,21,23). The highest BCUT2D eigenvalue weighted by Gasteiger charge is 2.37. The van der Waals surface area contributed by atoms with E-state index in [1.807, 2.05) is 18.2 Å². The summed E-state index contributed by atoms with van der Waals surface area (Å²) in [5.41, 5.74) is 1.78. The molecule has 1 heterocycles. The van der Waals surface area contributed by atoms with Crippen LogP contribution in [0.15, 0.2) is 66.9 Å². The topological polar surface area (TPSA) is 58.2 Å². The van der Waals surface area contributed by atoms with Crippen LogP contribution in [0, 0.1) is 5.92 Å². The van der Waals surface area contributed by atoms with Gasteiger partial charge in [-0.1, -0.05) is 60.6 Å². The molecule has 0 aromatic heterocycles. The smallest absolute Gasteiger partial charge is 0.319 e. The molecule has 2 aromatic carbocycles. The Kier molecular flexibility index (Phi) is 4.17. The van der Waals surface area contributed by atoms with Crippen molar-refractivity contribution in [1.82, 2.24) is 10.6 Å². The molecule has 0 spiro atoms. The Balaban J connectivity index is 1.99. The lowest BCUT2D eigenvalue weighted by atomic mass is 9.83. The van der Waals surface area contributed by atoms with Gasteiger partial charge in [-0.05, 0) is 17.7 Å². The van der Waals surface area contributed by atoms with Crippen molar-refractivity contribution in [2.45, 2.75) is 6.04 Å². The molecule has 0 radical (unpaired) electrons. The first-order valence-electron chi connectivity index (χ1n) is 7.17. The zero-order chi connectivity index (χ0) is 16.4. The Bertz CT molecular complexity index is 756. The minimum atomic E-state index is -0.587. The van der Waals surface area contributed by atoms with Crippen LogP contribution in [-0.2, 0) is 0 Å². The predicted molar refractivity (Wildman–Crippen MR) is 89.3 cm³/mol. The third kappa shape index (κ3) is 3.12. The second-order valence-electron chi connectivity index (χ2n) is 5.36. The number of hydrogen-bond donors (Lipinski definition) is 2. The zero-order valence-electron chi connectivity index (χ0n) is 12.3. The van der Waals surface area contributed by atoms with Crippen LogP contribution in [-0.4, -0.2) is 11.8 Å². The highest BCUT2D eigenvalue weighted by Crippen LogP contribution is 2.32. The molecule has 0 saturated carbocycles. The van der Waals surface area contributed by atoms with Gasteiger partial charge in [-0.25, -0.2) is 4.79 Å². The normalized spacial score (nSPS) is 20.6. The van der Waals surface area contributed by atoms with Crippen molar-refractivity contribution in [3.05, 3.63) is 83.0 Å². The molecular formula is C18H15ClN2O2. The Hall–Kier alpha value is -2.59. The minimum Gasteiger partial charge on any atom is -0.330 e. The Morgan fingerprint density at radius 2 is 1.70 bits per heavy atom. The van der Waals surface area contributed by atoms with E-state index in [0.29, 0.717) is 16.3 Å². The maximum Gasteiger partial charge on any atom is 0.319 e. The molecule has 1 aliphatic rings. The molecule has 1 fully saturated rings. The minimum absolute atomic E-state index is 0.0944. The van der Waals surface area contributed by atoms with Crippen molar-refractivity contribution in [2.24, 2.45) is 5.92 Å². The van der Waals surface area contributed by atoms with Gasteiger partial charge in [0.05, 0.1) is 12.0 Å². The van der Waals surface area contributed by atoms with E-state index in [1.54, 1.807) is 36.4 Å². The van der Waals surface area contributed by atoms with Crippen LogP contribution in [0.4, 0.5) is 4.79 Å². The van der Waals surface area contributed by atoms with E-state index in [4.69, 9.17) is 11.6 Å². The van der Waals surface area contributed by atoms with Crippen molar-refractivity contribution in [3.63, 3.8) is 0 Å². The number of nitrogens with one attached hydrogen (secondary N) is 2. The quantitative estimate of drug-likeness (QED) is 0.845. The van der Waals surface area contributed by atoms with Gasteiger partial charge >= 0.3 is 6.03 Å². The molecule has 4 nitrogen and oxygen atoms in total. The monoisotopic (exact) mass is 326 g/mol. The van der Waals surface area contributed by atoms with Gasteiger partial charge in [0.25, 0.3) is 0 Å². The van der Waals surface area contributed by atoms with Crippen LogP contribution >= 0.6 is 11.6 Å². The molecule has 116 valence electrons. The van der Waals surface area contributed by atoms with Crippen molar-refractivity contribution < 1.29 is 9.59 Å². The maximum absolute atomic E-state index is 12.9. The fraction of sp³-hybridized carbons (Fsp3) is 0.111. The van der Waals surface area contributed by atoms with E-state index in [9.17, 15) is 9.59 Å². The second-order valence-corrected chi connectivity index (χ2v) is 5.80. The summed E-state index contributed by atoms with van der Waals surface area (Å²) < 4.78 is 0. The number of urea groups is 1. The van der Waals surface area contributed by atoms with Gasteiger partial charge in [0.15, 0.2) is 5.78 Å². The van der Waals surface area contributed by atoms with E-state index < -0.39 is 12.0 Å². The van der Waals surface area contributed by atoms with Crippen LogP contribution in [0.2, 0.25) is 5.02 Å². The summed E-state index contributed by atoms with van der Waals surface area (Å²) >= 11 is 5.92. The zero-order valence-corrected chi connectivity index (χ0v) is 13.0. The van der Waals surface area contributed by atoms with Crippen LogP contribution < -0.4 is 10.6 Å². The average Bonchev–Trinajstić information content (AvgIpc) is 2.55. The molecule has 23 heavy (non-hydrogen) atoms. The molecule has 2 N–H and O–H groups in total. The van der Waals surface area contributed by atoms with E-state index in [2.05, 4.69) is 17.2 Å². The lowest BCUT2D eigenvalue weighted by molar-refractivity contribution is 0.0905. The molecule has 2 amide bonds. The number of carbonyl (C=O) groups excluding carboxylic acids is 2. The summed E-state index contributed by atoms with van der Waals surface area (Å²) in [5, 5.41) is 6.00. The van der Waals surface area contributed by atoms with Gasteiger partial charge in [0.1, 0.15) is 0 Å². The fourth-order valence-corrected chi connectivity index (χ4v) is 2.85. The van der Waals surface area contributed by atoms with Crippen LogP contribution in [0.25, 0.3) is 0 Å². The molecule has 2 atom stereocenters. The largest absolute Gasteiger partial charge is 0.330 e. The summed E-state index contributed by atoms with van der Waals surface area (Å²) in [7, 11) is 0. The number of halogens is 1. The third-order valence-electron chi connectivity index (χ3n) is 3.84. The molecule has 3 rings (SSSR count). The fourth-order valence-electron chi connectivity index (χ4n) is 2.72. The molecule has 2 unspecified atom stereocenters. The van der Waals surface area contributed by atoms with Crippen LogP contribution in [0.3, 0.4) is 0 Å².